The lowest BCUT2D eigenvalue weighted by atomic mass is 9.99. The van der Waals surface area contributed by atoms with Crippen molar-refractivity contribution in [3.05, 3.63) is 34.9 Å². The van der Waals surface area contributed by atoms with Gasteiger partial charge in [0.1, 0.15) is 11.6 Å². The zero-order valence-corrected chi connectivity index (χ0v) is 17.0. The zero-order valence-electron chi connectivity index (χ0n) is 17.0. The summed E-state index contributed by atoms with van der Waals surface area (Å²) in [5.74, 6) is -1.11. The van der Waals surface area contributed by atoms with Gasteiger partial charge < -0.3 is 15.4 Å². The largest absolute Gasteiger partial charge is 0.444 e. The summed E-state index contributed by atoms with van der Waals surface area (Å²) in [5, 5.41) is 5.41. The highest BCUT2D eigenvalue weighted by Gasteiger charge is 2.44. The van der Waals surface area contributed by atoms with Crippen LogP contribution in [0.3, 0.4) is 0 Å². The fourth-order valence-electron chi connectivity index (χ4n) is 3.65. The lowest BCUT2D eigenvalue weighted by Crippen LogP contribution is -2.52. The predicted molar refractivity (Wildman–Crippen MR) is 106 cm³/mol. The van der Waals surface area contributed by atoms with Crippen LogP contribution < -0.4 is 10.6 Å². The van der Waals surface area contributed by atoms with Gasteiger partial charge in [-0.15, -0.1) is 0 Å². The number of piperidine rings is 1. The number of benzene rings is 1. The molecule has 8 heteroatoms. The van der Waals surface area contributed by atoms with Crippen molar-refractivity contribution in [3.8, 4) is 0 Å². The second-order valence-corrected chi connectivity index (χ2v) is 8.30. The number of carbonyl (C=O) groups excluding carboxylic acids is 4. The number of nitrogens with zero attached hydrogens (tertiary/aromatic N) is 1. The molecule has 1 atom stereocenters. The zero-order chi connectivity index (χ0) is 21.2. The summed E-state index contributed by atoms with van der Waals surface area (Å²) in [5.41, 5.74) is 0.885. The van der Waals surface area contributed by atoms with Gasteiger partial charge in [-0.25, -0.2) is 4.79 Å². The number of alkyl carbamates (subject to hydrolysis) is 1. The number of fused-ring (bicyclic) bond motifs is 1. The molecule has 2 aliphatic rings. The van der Waals surface area contributed by atoms with Crippen molar-refractivity contribution in [2.75, 3.05) is 13.1 Å². The summed E-state index contributed by atoms with van der Waals surface area (Å²) in [6.07, 6.45) is 1.82. The number of carbonyl (C=O) groups is 4. The first-order valence-electron chi connectivity index (χ1n) is 9.93. The summed E-state index contributed by atoms with van der Waals surface area (Å²) in [6.45, 7) is 6.33. The maximum Gasteiger partial charge on any atom is 0.407 e. The topological polar surface area (TPSA) is 105 Å². The smallest absolute Gasteiger partial charge is 0.407 e. The van der Waals surface area contributed by atoms with E-state index in [-0.39, 0.29) is 5.91 Å². The molecule has 4 amide bonds. The number of rotatable bonds is 5. The van der Waals surface area contributed by atoms with Gasteiger partial charge in [-0.2, -0.15) is 0 Å². The minimum Gasteiger partial charge on any atom is -0.444 e. The standard InChI is InChI=1S/C21H27N3O5/c1-21(2,3)29-20(28)23-12-5-8-13-7-4-9-14-16(13)19(27)24(18(14)26)15-10-6-11-22-17(15)25/h4,7,9,15H,5-6,8,10-12H2,1-3H3,(H,22,25)(H,23,28). The Morgan fingerprint density at radius 3 is 2.69 bits per heavy atom. The first-order chi connectivity index (χ1) is 13.7. The molecule has 156 valence electrons. The van der Waals surface area contributed by atoms with Crippen LogP contribution in [-0.4, -0.2) is 53.4 Å². The van der Waals surface area contributed by atoms with Gasteiger partial charge in [-0.3, -0.25) is 19.3 Å². The molecule has 0 aliphatic carbocycles. The molecule has 1 fully saturated rings. The SMILES string of the molecule is CC(C)(C)OC(=O)NCCCc1cccc2c1C(=O)N(C1CCCNC1=O)C2=O. The third kappa shape index (κ3) is 4.58. The van der Waals surface area contributed by atoms with Crippen molar-refractivity contribution < 1.29 is 23.9 Å². The fraction of sp³-hybridized carbons (Fsp3) is 0.524. The lowest BCUT2D eigenvalue weighted by molar-refractivity contribution is -0.126. The Kier molecular flexibility index (Phi) is 5.91. The number of ether oxygens (including phenoxy) is 1. The molecule has 0 aromatic heterocycles. The lowest BCUT2D eigenvalue weighted by Gasteiger charge is -2.28. The second-order valence-electron chi connectivity index (χ2n) is 8.30. The minimum atomic E-state index is -0.752. The Hall–Kier alpha value is -2.90. The molecule has 0 radical (unpaired) electrons. The van der Waals surface area contributed by atoms with E-state index >= 15 is 0 Å². The number of nitrogens with one attached hydrogen (secondary N) is 2. The number of imide groups is 1. The first kappa shape index (κ1) is 20.8. The van der Waals surface area contributed by atoms with Gasteiger partial charge in [-0.1, -0.05) is 12.1 Å². The molecule has 1 aromatic carbocycles. The summed E-state index contributed by atoms with van der Waals surface area (Å²) in [4.78, 5) is 50.8. The second kappa shape index (κ2) is 8.23. The van der Waals surface area contributed by atoms with Crippen LogP contribution in [0.2, 0.25) is 0 Å². The molecule has 2 heterocycles. The highest BCUT2D eigenvalue weighted by molar-refractivity contribution is 6.23. The maximum absolute atomic E-state index is 13.0. The summed E-state index contributed by atoms with van der Waals surface area (Å²) in [6, 6.07) is 4.42. The van der Waals surface area contributed by atoms with E-state index in [1.807, 2.05) is 6.07 Å². The van der Waals surface area contributed by atoms with Gasteiger partial charge >= 0.3 is 6.09 Å². The summed E-state index contributed by atoms with van der Waals surface area (Å²) >= 11 is 0. The Morgan fingerprint density at radius 1 is 1.24 bits per heavy atom. The molecular weight excluding hydrogens is 374 g/mol. The van der Waals surface area contributed by atoms with E-state index in [1.54, 1.807) is 32.9 Å². The van der Waals surface area contributed by atoms with E-state index in [4.69, 9.17) is 4.74 Å². The van der Waals surface area contributed by atoms with Crippen molar-refractivity contribution in [2.24, 2.45) is 0 Å². The molecule has 8 nitrogen and oxygen atoms in total. The predicted octanol–water partition coefficient (Wildman–Crippen LogP) is 2.02. The van der Waals surface area contributed by atoms with Crippen molar-refractivity contribution >= 4 is 23.8 Å². The van der Waals surface area contributed by atoms with Crippen molar-refractivity contribution in [2.45, 2.75) is 58.1 Å². The van der Waals surface area contributed by atoms with Gasteiger partial charge in [0.25, 0.3) is 11.8 Å². The first-order valence-corrected chi connectivity index (χ1v) is 9.93. The van der Waals surface area contributed by atoms with E-state index in [2.05, 4.69) is 10.6 Å². The molecule has 2 N–H and O–H groups in total. The molecule has 29 heavy (non-hydrogen) atoms. The Morgan fingerprint density at radius 2 is 2.00 bits per heavy atom. The number of hydrogen-bond donors (Lipinski definition) is 2. The average molecular weight is 401 g/mol. The van der Waals surface area contributed by atoms with Gasteiger partial charge in [0, 0.05) is 13.1 Å². The van der Waals surface area contributed by atoms with E-state index in [0.29, 0.717) is 43.5 Å². The maximum atomic E-state index is 13.0. The van der Waals surface area contributed by atoms with E-state index in [1.165, 1.54) is 0 Å². The fourth-order valence-corrected chi connectivity index (χ4v) is 3.65. The van der Waals surface area contributed by atoms with Gasteiger partial charge in [0.2, 0.25) is 5.91 Å². The average Bonchev–Trinajstić information content (AvgIpc) is 2.89. The van der Waals surface area contributed by atoms with Crippen LogP contribution in [0, 0.1) is 0 Å². The van der Waals surface area contributed by atoms with Crippen LogP contribution >= 0.6 is 0 Å². The van der Waals surface area contributed by atoms with Crippen LogP contribution in [0.1, 0.15) is 66.3 Å². The number of aryl methyl sites for hydroxylation is 1. The van der Waals surface area contributed by atoms with Gasteiger partial charge in [-0.05, 0) is 58.1 Å². The van der Waals surface area contributed by atoms with Crippen LogP contribution in [0.5, 0.6) is 0 Å². The Labute approximate surface area is 170 Å². The molecule has 1 unspecified atom stereocenters. The summed E-state index contributed by atoms with van der Waals surface area (Å²) < 4.78 is 5.19. The third-order valence-corrected chi connectivity index (χ3v) is 4.89. The van der Waals surface area contributed by atoms with Crippen LogP contribution in [0.4, 0.5) is 4.79 Å². The molecule has 1 saturated heterocycles. The normalized spacial score (nSPS) is 19.1. The van der Waals surface area contributed by atoms with Gasteiger partial charge in [0.15, 0.2) is 0 Å². The number of hydrogen-bond acceptors (Lipinski definition) is 5. The molecule has 1 aromatic rings. The van der Waals surface area contributed by atoms with Crippen molar-refractivity contribution in [1.29, 1.82) is 0 Å². The van der Waals surface area contributed by atoms with Crippen LogP contribution in [0.15, 0.2) is 18.2 Å². The van der Waals surface area contributed by atoms with E-state index < -0.39 is 29.6 Å². The molecule has 0 bridgehead atoms. The van der Waals surface area contributed by atoms with Crippen molar-refractivity contribution in [1.82, 2.24) is 15.5 Å². The Balaban J connectivity index is 1.66. The minimum absolute atomic E-state index is 0.283. The van der Waals surface area contributed by atoms with E-state index in [0.717, 1.165) is 16.9 Å². The highest BCUT2D eigenvalue weighted by Crippen LogP contribution is 2.30. The highest BCUT2D eigenvalue weighted by atomic mass is 16.6. The van der Waals surface area contributed by atoms with E-state index in [9.17, 15) is 19.2 Å². The molecule has 0 saturated carbocycles. The summed E-state index contributed by atoms with van der Waals surface area (Å²) in [7, 11) is 0. The van der Waals surface area contributed by atoms with Crippen molar-refractivity contribution in [3.63, 3.8) is 0 Å². The molecule has 2 aliphatic heterocycles. The number of amides is 4. The van der Waals surface area contributed by atoms with Crippen LogP contribution in [0.25, 0.3) is 0 Å². The third-order valence-electron chi connectivity index (χ3n) is 4.89. The molecular formula is C21H27N3O5. The Bertz CT molecular complexity index is 843. The molecule has 0 spiro atoms. The van der Waals surface area contributed by atoms with Gasteiger partial charge in [0.05, 0.1) is 11.1 Å². The van der Waals surface area contributed by atoms with Crippen LogP contribution in [-0.2, 0) is 16.0 Å². The quantitative estimate of drug-likeness (QED) is 0.580. The monoisotopic (exact) mass is 401 g/mol. The molecule has 3 rings (SSSR count).